The Kier molecular flexibility index (Phi) is 6.91. The van der Waals surface area contributed by atoms with Crippen molar-refractivity contribution in [1.29, 1.82) is 0 Å². The van der Waals surface area contributed by atoms with Crippen LogP contribution in [-0.2, 0) is 24.3 Å². The number of aryl methyl sites for hydroxylation is 3. The molecule has 4 aromatic rings. The number of fused-ring (bicyclic) bond motifs is 1. The smallest absolute Gasteiger partial charge is 0.252 e. The quantitative estimate of drug-likeness (QED) is 0.421. The molecule has 0 spiro atoms. The van der Waals surface area contributed by atoms with Crippen molar-refractivity contribution in [2.45, 2.75) is 40.3 Å². The topological polar surface area (TPSA) is 87.4 Å². The molecule has 0 aliphatic heterocycles. The van der Waals surface area contributed by atoms with Gasteiger partial charge in [-0.05, 0) is 55.7 Å². The Morgan fingerprint density at radius 2 is 1.71 bits per heavy atom. The van der Waals surface area contributed by atoms with Crippen LogP contribution in [0.3, 0.4) is 0 Å². The van der Waals surface area contributed by atoms with Crippen molar-refractivity contribution >= 4 is 16.9 Å². The molecule has 0 aliphatic rings. The van der Waals surface area contributed by atoms with Crippen molar-refractivity contribution < 1.29 is 14.3 Å². The molecule has 35 heavy (non-hydrogen) atoms. The van der Waals surface area contributed by atoms with E-state index >= 15 is 0 Å². The van der Waals surface area contributed by atoms with E-state index < -0.39 is 0 Å². The summed E-state index contributed by atoms with van der Waals surface area (Å²) in [5.41, 5.74) is 4.94. The highest BCUT2D eigenvalue weighted by Gasteiger charge is 2.19. The van der Waals surface area contributed by atoms with Gasteiger partial charge in [-0.1, -0.05) is 30.7 Å². The number of aromatic nitrogens is 3. The molecule has 2 heterocycles. The molecule has 1 amide bonds. The lowest BCUT2D eigenvalue weighted by Crippen LogP contribution is -2.33. The Morgan fingerprint density at radius 1 is 1.00 bits per heavy atom. The summed E-state index contributed by atoms with van der Waals surface area (Å²) in [6.07, 6.45) is 0.693. The largest absolute Gasteiger partial charge is 0.493 e. The molecule has 0 saturated carbocycles. The zero-order valence-electron chi connectivity index (χ0n) is 20.7. The number of hydrogen-bond acceptors (Lipinski definition) is 5. The van der Waals surface area contributed by atoms with Crippen LogP contribution in [0.4, 0.5) is 0 Å². The van der Waals surface area contributed by atoms with Crippen LogP contribution < -0.4 is 20.3 Å². The van der Waals surface area contributed by atoms with E-state index in [-0.39, 0.29) is 18.0 Å². The zero-order valence-corrected chi connectivity index (χ0v) is 20.7. The number of amides is 1. The lowest BCUT2D eigenvalue weighted by molar-refractivity contribution is -0.121. The summed E-state index contributed by atoms with van der Waals surface area (Å²) in [7, 11) is 3.14. The number of ether oxygens (including phenoxy) is 2. The molecule has 2 aromatic carbocycles. The molecule has 4 rings (SSSR count). The second-order valence-corrected chi connectivity index (χ2v) is 8.44. The van der Waals surface area contributed by atoms with Gasteiger partial charge in [-0.15, -0.1) is 0 Å². The maximum atomic E-state index is 13.1. The normalized spacial score (nSPS) is 11.0. The van der Waals surface area contributed by atoms with Crippen LogP contribution in [0.15, 0.2) is 53.3 Å². The van der Waals surface area contributed by atoms with Crippen LogP contribution in [0.2, 0.25) is 0 Å². The van der Waals surface area contributed by atoms with Gasteiger partial charge in [0.2, 0.25) is 5.91 Å². The molecular formula is C27H30N4O4. The molecule has 8 heteroatoms. The Bertz CT molecular complexity index is 1430. The summed E-state index contributed by atoms with van der Waals surface area (Å²) in [5, 5.41) is 8.54. The van der Waals surface area contributed by atoms with Crippen molar-refractivity contribution in [2.75, 3.05) is 14.2 Å². The highest BCUT2D eigenvalue weighted by molar-refractivity contribution is 5.86. The van der Waals surface area contributed by atoms with Gasteiger partial charge in [0.05, 0.1) is 25.6 Å². The maximum Gasteiger partial charge on any atom is 0.252 e. The number of nitrogens with zero attached hydrogens (tertiary/aromatic N) is 3. The van der Waals surface area contributed by atoms with E-state index in [1.54, 1.807) is 31.0 Å². The summed E-state index contributed by atoms with van der Waals surface area (Å²) >= 11 is 0. The number of rotatable bonds is 8. The van der Waals surface area contributed by atoms with Crippen LogP contribution >= 0.6 is 0 Å². The van der Waals surface area contributed by atoms with Crippen molar-refractivity contribution in [3.8, 4) is 17.2 Å². The summed E-state index contributed by atoms with van der Waals surface area (Å²) in [6.45, 7) is 6.13. The predicted octanol–water partition coefficient (Wildman–Crippen LogP) is 3.70. The van der Waals surface area contributed by atoms with E-state index in [0.717, 1.165) is 33.5 Å². The standard InChI is InChI=1S/C27H30N4O4/c1-6-20-14-25(33)30(16-24(32)28-15-19-9-12-22(34-4)23(13-19)35-5)27-26(20)18(3)29-31(27)21-10-7-17(2)8-11-21/h7-14H,6,15-16H2,1-5H3,(H,28,32). The summed E-state index contributed by atoms with van der Waals surface area (Å²) < 4.78 is 13.9. The first kappa shape index (κ1) is 24.1. The highest BCUT2D eigenvalue weighted by atomic mass is 16.5. The van der Waals surface area contributed by atoms with Crippen molar-refractivity contribution in [3.63, 3.8) is 0 Å². The number of methoxy groups -OCH3 is 2. The minimum Gasteiger partial charge on any atom is -0.493 e. The first-order valence-electron chi connectivity index (χ1n) is 11.5. The van der Waals surface area contributed by atoms with Gasteiger partial charge in [-0.25, -0.2) is 4.68 Å². The molecule has 182 valence electrons. The van der Waals surface area contributed by atoms with Crippen LogP contribution in [-0.4, -0.2) is 34.5 Å². The number of nitrogens with one attached hydrogen (secondary N) is 1. The van der Waals surface area contributed by atoms with Crippen LogP contribution in [0.25, 0.3) is 16.7 Å². The Hall–Kier alpha value is -4.07. The highest BCUT2D eigenvalue weighted by Crippen LogP contribution is 2.28. The average Bonchev–Trinajstić information content (AvgIpc) is 3.21. The van der Waals surface area contributed by atoms with Crippen molar-refractivity contribution in [1.82, 2.24) is 19.7 Å². The maximum absolute atomic E-state index is 13.1. The molecule has 2 aromatic heterocycles. The third kappa shape index (κ3) is 4.77. The van der Waals surface area contributed by atoms with Gasteiger partial charge in [0, 0.05) is 18.0 Å². The fraction of sp³-hybridized carbons (Fsp3) is 0.296. The molecule has 0 atom stereocenters. The molecule has 0 aliphatic carbocycles. The number of carbonyl (C=O) groups is 1. The molecule has 1 N–H and O–H groups in total. The van der Waals surface area contributed by atoms with Gasteiger partial charge in [0.1, 0.15) is 12.2 Å². The summed E-state index contributed by atoms with van der Waals surface area (Å²) in [6, 6.07) is 15.0. The SMILES string of the molecule is CCc1cc(=O)n(CC(=O)NCc2ccc(OC)c(OC)c2)c2c1c(C)nn2-c1ccc(C)cc1. The monoisotopic (exact) mass is 474 g/mol. The number of benzene rings is 2. The van der Waals surface area contributed by atoms with E-state index in [9.17, 15) is 9.59 Å². The van der Waals surface area contributed by atoms with Gasteiger partial charge in [0.15, 0.2) is 11.5 Å². The summed E-state index contributed by atoms with van der Waals surface area (Å²) in [5.74, 6) is 0.929. The van der Waals surface area contributed by atoms with E-state index in [1.165, 1.54) is 4.57 Å². The molecule has 0 saturated heterocycles. The van der Waals surface area contributed by atoms with E-state index in [1.807, 2.05) is 57.2 Å². The van der Waals surface area contributed by atoms with Gasteiger partial charge >= 0.3 is 0 Å². The predicted molar refractivity (Wildman–Crippen MR) is 136 cm³/mol. The minimum atomic E-state index is -0.276. The van der Waals surface area contributed by atoms with Gasteiger partial charge in [-0.3, -0.25) is 14.2 Å². The first-order valence-corrected chi connectivity index (χ1v) is 11.5. The van der Waals surface area contributed by atoms with Crippen molar-refractivity contribution in [3.05, 3.63) is 81.3 Å². The van der Waals surface area contributed by atoms with Gasteiger partial charge in [0.25, 0.3) is 5.56 Å². The molecule has 0 bridgehead atoms. The average molecular weight is 475 g/mol. The fourth-order valence-corrected chi connectivity index (χ4v) is 4.23. The molecule has 8 nitrogen and oxygen atoms in total. The number of carbonyl (C=O) groups excluding carboxylic acids is 1. The zero-order chi connectivity index (χ0) is 25.1. The Balaban J connectivity index is 1.68. The second-order valence-electron chi connectivity index (χ2n) is 8.44. The van der Waals surface area contributed by atoms with Crippen LogP contribution in [0.5, 0.6) is 11.5 Å². The lowest BCUT2D eigenvalue weighted by atomic mass is 10.1. The molecule has 0 fully saturated rings. The van der Waals surface area contributed by atoms with Crippen LogP contribution in [0.1, 0.15) is 29.3 Å². The third-order valence-corrected chi connectivity index (χ3v) is 6.08. The third-order valence-electron chi connectivity index (χ3n) is 6.08. The van der Waals surface area contributed by atoms with Crippen LogP contribution in [0, 0.1) is 13.8 Å². The molecule has 0 unspecified atom stereocenters. The van der Waals surface area contributed by atoms with Gasteiger partial charge < -0.3 is 14.8 Å². The van der Waals surface area contributed by atoms with E-state index in [4.69, 9.17) is 14.6 Å². The molecular weight excluding hydrogens is 444 g/mol. The fourth-order valence-electron chi connectivity index (χ4n) is 4.23. The lowest BCUT2D eigenvalue weighted by Gasteiger charge is -2.14. The number of hydrogen-bond donors (Lipinski definition) is 1. The van der Waals surface area contributed by atoms with E-state index in [0.29, 0.717) is 30.1 Å². The number of pyridine rings is 1. The summed E-state index contributed by atoms with van der Waals surface area (Å²) in [4.78, 5) is 26.1. The molecule has 0 radical (unpaired) electrons. The Morgan fingerprint density at radius 3 is 2.37 bits per heavy atom. The van der Waals surface area contributed by atoms with Gasteiger partial charge in [-0.2, -0.15) is 5.10 Å². The first-order chi connectivity index (χ1) is 16.9. The van der Waals surface area contributed by atoms with E-state index in [2.05, 4.69) is 5.32 Å². The second kappa shape index (κ2) is 10.0. The minimum absolute atomic E-state index is 0.121. The Labute approximate surface area is 204 Å². The van der Waals surface area contributed by atoms with Crippen molar-refractivity contribution in [2.24, 2.45) is 0 Å².